The van der Waals surface area contributed by atoms with Crippen LogP contribution < -0.4 is 24.8 Å². The highest BCUT2D eigenvalue weighted by Crippen LogP contribution is 2.33. The van der Waals surface area contributed by atoms with Crippen molar-refractivity contribution in [3.63, 3.8) is 0 Å². The molecule has 0 saturated carbocycles. The molecule has 0 aliphatic carbocycles. The molecule has 0 saturated heterocycles. The topological polar surface area (TPSA) is 99.0 Å². The predicted molar refractivity (Wildman–Crippen MR) is 125 cm³/mol. The fourth-order valence-corrected chi connectivity index (χ4v) is 3.34. The van der Waals surface area contributed by atoms with E-state index in [1.54, 1.807) is 73.8 Å². The molecular weight excluding hydrogens is 424 g/mol. The molecule has 4 rings (SSSR count). The molecular formula is C25H22N2O6. The van der Waals surface area contributed by atoms with Gasteiger partial charge in [0.15, 0.2) is 0 Å². The molecule has 4 aromatic rings. The number of carbonyl (C=O) groups is 2. The molecule has 0 aliphatic rings. The zero-order valence-electron chi connectivity index (χ0n) is 18.3. The average molecular weight is 446 g/mol. The van der Waals surface area contributed by atoms with Crippen molar-refractivity contribution in [1.82, 2.24) is 0 Å². The number of ether oxygens (including phenoxy) is 3. The molecule has 0 fully saturated rings. The van der Waals surface area contributed by atoms with Crippen molar-refractivity contribution >= 4 is 34.2 Å². The summed E-state index contributed by atoms with van der Waals surface area (Å²) in [6.45, 7) is 0. The Hall–Kier alpha value is -4.46. The van der Waals surface area contributed by atoms with E-state index in [1.807, 2.05) is 0 Å². The molecule has 8 nitrogen and oxygen atoms in total. The molecule has 2 N–H and O–H groups in total. The van der Waals surface area contributed by atoms with Crippen LogP contribution >= 0.6 is 0 Å². The summed E-state index contributed by atoms with van der Waals surface area (Å²) in [6.07, 6.45) is 0. The van der Waals surface area contributed by atoms with Crippen LogP contribution in [0.5, 0.6) is 17.2 Å². The number of hydrogen-bond donors (Lipinski definition) is 2. The fourth-order valence-electron chi connectivity index (χ4n) is 3.34. The van der Waals surface area contributed by atoms with Gasteiger partial charge in [-0.15, -0.1) is 0 Å². The maximum atomic E-state index is 13.1. The molecule has 33 heavy (non-hydrogen) atoms. The zero-order chi connectivity index (χ0) is 23.4. The van der Waals surface area contributed by atoms with Crippen molar-refractivity contribution in [2.75, 3.05) is 32.0 Å². The normalized spacial score (nSPS) is 10.5. The first kappa shape index (κ1) is 21.8. The lowest BCUT2D eigenvalue weighted by Gasteiger charge is -2.10. The summed E-state index contributed by atoms with van der Waals surface area (Å²) in [5.74, 6) is 0.535. The molecule has 0 spiro atoms. The van der Waals surface area contributed by atoms with Gasteiger partial charge < -0.3 is 29.3 Å². The summed E-state index contributed by atoms with van der Waals surface area (Å²) in [5.41, 5.74) is 1.55. The van der Waals surface area contributed by atoms with E-state index in [-0.39, 0.29) is 11.4 Å². The lowest BCUT2D eigenvalue weighted by Crippen LogP contribution is -2.17. The van der Waals surface area contributed by atoms with Gasteiger partial charge in [-0.1, -0.05) is 18.2 Å². The van der Waals surface area contributed by atoms with Gasteiger partial charge in [-0.3, -0.25) is 9.59 Å². The quantitative estimate of drug-likeness (QED) is 0.416. The number of rotatable bonds is 7. The van der Waals surface area contributed by atoms with Gasteiger partial charge in [-0.2, -0.15) is 0 Å². The first-order valence-electron chi connectivity index (χ1n) is 10.0. The van der Waals surface area contributed by atoms with Crippen molar-refractivity contribution in [3.8, 4) is 17.2 Å². The number of nitrogens with one attached hydrogen (secondary N) is 2. The zero-order valence-corrected chi connectivity index (χ0v) is 18.3. The Balaban J connectivity index is 1.69. The van der Waals surface area contributed by atoms with Crippen LogP contribution in [0.2, 0.25) is 0 Å². The maximum Gasteiger partial charge on any atom is 0.293 e. The Bertz CT molecular complexity index is 1310. The summed E-state index contributed by atoms with van der Waals surface area (Å²) >= 11 is 0. The van der Waals surface area contributed by atoms with E-state index in [9.17, 15) is 9.59 Å². The minimum absolute atomic E-state index is 0.0257. The number of furan rings is 1. The van der Waals surface area contributed by atoms with E-state index in [0.717, 1.165) is 0 Å². The van der Waals surface area contributed by atoms with Crippen molar-refractivity contribution in [2.45, 2.75) is 0 Å². The van der Waals surface area contributed by atoms with E-state index < -0.39 is 11.8 Å². The minimum atomic E-state index is -0.516. The maximum absolute atomic E-state index is 13.1. The van der Waals surface area contributed by atoms with Gasteiger partial charge in [0.25, 0.3) is 11.8 Å². The number of amides is 2. The average Bonchev–Trinajstić information content (AvgIpc) is 3.22. The molecule has 0 unspecified atom stereocenters. The second-order valence-electron chi connectivity index (χ2n) is 7.04. The SMILES string of the molecule is COc1cccc(NC(=O)c2oc3ccccc3c2NC(=O)c2cc(OC)cc(OC)c2)c1. The van der Waals surface area contributed by atoms with Crippen LogP contribution in [0.3, 0.4) is 0 Å². The second-order valence-corrected chi connectivity index (χ2v) is 7.04. The monoisotopic (exact) mass is 446 g/mol. The molecule has 2 amide bonds. The highest BCUT2D eigenvalue weighted by Gasteiger charge is 2.23. The Kier molecular flexibility index (Phi) is 6.17. The molecule has 1 heterocycles. The molecule has 0 radical (unpaired) electrons. The molecule has 8 heteroatoms. The standard InChI is InChI=1S/C25H22N2O6/c1-30-17-8-6-7-16(13-17)26-25(29)23-22(20-9-4-5-10-21(20)33-23)27-24(28)15-11-18(31-2)14-19(12-15)32-3/h4-14H,1-3H3,(H,26,29)(H,27,28). The summed E-state index contributed by atoms with van der Waals surface area (Å²) in [7, 11) is 4.55. The molecule has 0 aliphatic heterocycles. The van der Waals surface area contributed by atoms with Gasteiger partial charge in [0.05, 0.1) is 21.3 Å². The second kappa shape index (κ2) is 9.35. The number of carbonyl (C=O) groups excluding carboxylic acids is 2. The third kappa shape index (κ3) is 4.59. The lowest BCUT2D eigenvalue weighted by molar-refractivity contribution is 0.0999. The number of benzene rings is 3. The summed E-state index contributed by atoms with van der Waals surface area (Å²) in [4.78, 5) is 26.2. The van der Waals surface area contributed by atoms with Gasteiger partial charge in [0, 0.05) is 28.8 Å². The van der Waals surface area contributed by atoms with Crippen LogP contribution in [-0.4, -0.2) is 33.1 Å². The number of hydrogen-bond acceptors (Lipinski definition) is 6. The number of para-hydroxylation sites is 1. The van der Waals surface area contributed by atoms with Crippen LogP contribution in [0.1, 0.15) is 20.9 Å². The molecule has 0 bridgehead atoms. The molecule has 1 aromatic heterocycles. The Morgan fingerprint density at radius 3 is 2.12 bits per heavy atom. The third-order valence-electron chi connectivity index (χ3n) is 4.98. The smallest absolute Gasteiger partial charge is 0.293 e. The summed E-state index contributed by atoms with van der Waals surface area (Å²) in [5, 5.41) is 6.19. The lowest BCUT2D eigenvalue weighted by atomic mass is 10.1. The molecule has 168 valence electrons. The van der Waals surface area contributed by atoms with Crippen LogP contribution in [-0.2, 0) is 0 Å². The van der Waals surface area contributed by atoms with E-state index in [2.05, 4.69) is 10.6 Å². The number of anilines is 2. The van der Waals surface area contributed by atoms with E-state index in [0.29, 0.717) is 39.5 Å². The van der Waals surface area contributed by atoms with Crippen LogP contribution in [0.15, 0.2) is 71.1 Å². The van der Waals surface area contributed by atoms with Crippen molar-refractivity contribution < 1.29 is 28.2 Å². The van der Waals surface area contributed by atoms with E-state index >= 15 is 0 Å². The predicted octanol–water partition coefficient (Wildman–Crippen LogP) is 4.96. The molecule has 0 atom stereocenters. The first-order chi connectivity index (χ1) is 16.0. The van der Waals surface area contributed by atoms with E-state index in [1.165, 1.54) is 14.2 Å². The fraction of sp³-hybridized carbons (Fsp3) is 0.120. The largest absolute Gasteiger partial charge is 0.497 e. The van der Waals surface area contributed by atoms with E-state index in [4.69, 9.17) is 18.6 Å². The highest BCUT2D eigenvalue weighted by molar-refractivity contribution is 6.17. The summed E-state index contributed by atoms with van der Waals surface area (Å²) < 4.78 is 21.5. The Labute approximate surface area is 190 Å². The van der Waals surface area contributed by atoms with Crippen LogP contribution in [0.25, 0.3) is 11.0 Å². The third-order valence-corrected chi connectivity index (χ3v) is 4.98. The van der Waals surface area contributed by atoms with Crippen molar-refractivity contribution in [1.29, 1.82) is 0 Å². The number of methoxy groups -OCH3 is 3. The van der Waals surface area contributed by atoms with Gasteiger partial charge in [0.2, 0.25) is 5.76 Å². The number of fused-ring (bicyclic) bond motifs is 1. The summed E-state index contributed by atoms with van der Waals surface area (Å²) in [6, 6.07) is 18.8. The minimum Gasteiger partial charge on any atom is -0.497 e. The van der Waals surface area contributed by atoms with Gasteiger partial charge in [-0.05, 0) is 36.4 Å². The van der Waals surface area contributed by atoms with Crippen molar-refractivity contribution in [2.24, 2.45) is 0 Å². The van der Waals surface area contributed by atoms with Gasteiger partial charge >= 0.3 is 0 Å². The van der Waals surface area contributed by atoms with Crippen LogP contribution in [0.4, 0.5) is 11.4 Å². The van der Waals surface area contributed by atoms with Gasteiger partial charge in [-0.25, -0.2) is 0 Å². The van der Waals surface area contributed by atoms with Crippen LogP contribution in [0, 0.1) is 0 Å². The van der Waals surface area contributed by atoms with Gasteiger partial charge in [0.1, 0.15) is 28.5 Å². The Morgan fingerprint density at radius 1 is 0.727 bits per heavy atom. The first-order valence-corrected chi connectivity index (χ1v) is 10.0. The highest BCUT2D eigenvalue weighted by atomic mass is 16.5. The Morgan fingerprint density at radius 2 is 1.42 bits per heavy atom. The van der Waals surface area contributed by atoms with Crippen molar-refractivity contribution in [3.05, 3.63) is 78.1 Å². The molecule has 3 aromatic carbocycles.